The van der Waals surface area contributed by atoms with Crippen molar-refractivity contribution in [3.63, 3.8) is 0 Å². The minimum absolute atomic E-state index is 0.101. The maximum atomic E-state index is 12.1. The third-order valence-electron chi connectivity index (χ3n) is 11.7. The van der Waals surface area contributed by atoms with Crippen molar-refractivity contribution < 1.29 is 24.1 Å². The van der Waals surface area contributed by atoms with Crippen molar-refractivity contribution >= 4 is 6.08 Å². The number of hydrogen-bond donors (Lipinski definition) is 1. The second kappa shape index (κ2) is 7.76. The predicted octanol–water partition coefficient (Wildman–Crippen LogP) is 4.11. The van der Waals surface area contributed by atoms with Crippen LogP contribution < -0.4 is 0 Å². The lowest BCUT2D eigenvalue weighted by atomic mass is 9.45. The summed E-state index contributed by atoms with van der Waals surface area (Å²) >= 11 is 0. The summed E-state index contributed by atoms with van der Waals surface area (Å²) in [5.41, 5.74) is 3.85. The van der Waals surface area contributed by atoms with Gasteiger partial charge in [-0.2, -0.15) is 5.10 Å². The molecule has 0 radical (unpaired) electrons. The number of hydrogen-bond acceptors (Lipinski definition) is 7. The smallest absolute Gasteiger partial charge is 0.227 e. The van der Waals surface area contributed by atoms with Gasteiger partial charge in [0.05, 0.1) is 29.9 Å². The van der Waals surface area contributed by atoms with Crippen LogP contribution >= 0.6 is 0 Å². The molecule has 1 N–H and O–H groups in total. The largest absolute Gasteiger partial charge is 0.393 e. The highest BCUT2D eigenvalue weighted by Gasteiger charge is 2.79. The van der Waals surface area contributed by atoms with Gasteiger partial charge in [-0.15, -0.1) is 0 Å². The molecule has 2 saturated heterocycles. The second-order valence-corrected chi connectivity index (χ2v) is 13.1. The van der Waals surface area contributed by atoms with Crippen molar-refractivity contribution in [1.82, 2.24) is 14.8 Å². The predicted molar refractivity (Wildman–Crippen MR) is 138 cm³/mol. The molecular formula is C30H37N3O5. The number of aromatic nitrogens is 3. The Morgan fingerprint density at radius 1 is 1.13 bits per heavy atom. The molecule has 0 bridgehead atoms. The van der Waals surface area contributed by atoms with Gasteiger partial charge in [-0.1, -0.05) is 26.3 Å². The molecule has 1 unspecified atom stereocenters. The highest BCUT2D eigenvalue weighted by molar-refractivity contribution is 5.61. The molecule has 9 atom stereocenters. The van der Waals surface area contributed by atoms with Crippen LogP contribution in [0.3, 0.4) is 0 Å². The van der Waals surface area contributed by atoms with Gasteiger partial charge in [-0.25, -0.2) is 4.68 Å². The first-order valence-corrected chi connectivity index (χ1v) is 14.2. The van der Waals surface area contributed by atoms with Crippen LogP contribution in [0.1, 0.15) is 57.7 Å². The molecule has 8 rings (SSSR count). The van der Waals surface area contributed by atoms with Gasteiger partial charge in [0.25, 0.3) is 0 Å². The second-order valence-electron chi connectivity index (χ2n) is 13.1. The third kappa shape index (κ3) is 2.69. The molecule has 0 amide bonds. The Bertz CT molecular complexity index is 1300. The molecule has 6 aliphatic rings. The van der Waals surface area contributed by atoms with Gasteiger partial charge in [0.15, 0.2) is 13.6 Å². The number of pyridine rings is 1. The molecule has 4 aliphatic carbocycles. The number of ether oxygens (including phenoxy) is 4. The maximum Gasteiger partial charge on any atom is 0.227 e. The zero-order valence-corrected chi connectivity index (χ0v) is 22.4. The van der Waals surface area contributed by atoms with Crippen LogP contribution in [0, 0.1) is 34.5 Å². The monoisotopic (exact) mass is 519 g/mol. The van der Waals surface area contributed by atoms with Crippen LogP contribution in [0.15, 0.2) is 36.3 Å². The van der Waals surface area contributed by atoms with Crippen molar-refractivity contribution in [2.45, 2.75) is 70.4 Å². The number of nitrogens with zero attached hydrogens (tertiary/aromatic N) is 3. The summed E-state index contributed by atoms with van der Waals surface area (Å²) in [6.45, 7) is 7.85. The summed E-state index contributed by atoms with van der Waals surface area (Å²) in [5.74, 6) is 0.384. The lowest BCUT2D eigenvalue weighted by Crippen LogP contribution is -2.67. The van der Waals surface area contributed by atoms with E-state index in [-0.39, 0.29) is 36.3 Å². The molecule has 38 heavy (non-hydrogen) atoms. The molecule has 2 spiro atoms. The first-order chi connectivity index (χ1) is 18.3. The molecule has 2 aromatic rings. The molecule has 8 nitrogen and oxygen atoms in total. The summed E-state index contributed by atoms with van der Waals surface area (Å²) in [6, 6.07) is 4.00. The Morgan fingerprint density at radius 3 is 2.79 bits per heavy atom. The van der Waals surface area contributed by atoms with E-state index in [2.05, 4.69) is 31.8 Å². The summed E-state index contributed by atoms with van der Waals surface area (Å²) in [5, 5.41) is 16.8. The van der Waals surface area contributed by atoms with E-state index in [9.17, 15) is 5.11 Å². The van der Waals surface area contributed by atoms with E-state index in [0.29, 0.717) is 24.9 Å². The summed E-state index contributed by atoms with van der Waals surface area (Å²) < 4.78 is 26.8. The molecule has 2 aromatic heterocycles. The lowest BCUT2D eigenvalue weighted by molar-refractivity contribution is -0.266. The number of allylic oxidation sites excluding steroid dienone is 1. The van der Waals surface area contributed by atoms with Gasteiger partial charge < -0.3 is 24.1 Å². The van der Waals surface area contributed by atoms with Crippen molar-refractivity contribution in [2.24, 2.45) is 34.5 Å². The topological polar surface area (TPSA) is 87.9 Å². The highest BCUT2D eigenvalue weighted by atomic mass is 16.9. The summed E-state index contributed by atoms with van der Waals surface area (Å²) in [7, 11) is 0. The SMILES string of the molecule is C[C@@H]1C[C@H]2[C@@H]3CCC4=Cc5c(cnn5-c5cccnc5)C[C@]4(C)[C@H]3[C@@H](O)C[C@]2(C)[C@]12OCOC21COCO1. The number of rotatable bonds is 1. The van der Waals surface area contributed by atoms with Crippen LogP contribution in [0.5, 0.6) is 0 Å². The van der Waals surface area contributed by atoms with Gasteiger partial charge in [-0.05, 0) is 85.0 Å². The van der Waals surface area contributed by atoms with E-state index >= 15 is 0 Å². The van der Waals surface area contributed by atoms with Gasteiger partial charge in [0.2, 0.25) is 5.79 Å². The van der Waals surface area contributed by atoms with Crippen molar-refractivity contribution in [3.8, 4) is 5.69 Å². The van der Waals surface area contributed by atoms with Gasteiger partial charge in [0, 0.05) is 11.6 Å². The molecule has 4 heterocycles. The van der Waals surface area contributed by atoms with Crippen molar-refractivity contribution in [2.75, 3.05) is 20.2 Å². The Balaban J connectivity index is 1.18. The van der Waals surface area contributed by atoms with Crippen LogP contribution in [0.4, 0.5) is 0 Å². The minimum atomic E-state index is -0.882. The zero-order chi connectivity index (χ0) is 25.9. The first kappa shape index (κ1) is 23.8. The van der Waals surface area contributed by atoms with Gasteiger partial charge in [0.1, 0.15) is 12.2 Å². The quantitative estimate of drug-likeness (QED) is 0.607. The summed E-state index contributed by atoms with van der Waals surface area (Å²) in [6.07, 6.45) is 12.3. The molecule has 2 aliphatic heterocycles. The molecule has 5 fully saturated rings. The van der Waals surface area contributed by atoms with E-state index in [0.717, 1.165) is 37.1 Å². The molecule has 202 valence electrons. The molecular weight excluding hydrogens is 482 g/mol. The summed E-state index contributed by atoms with van der Waals surface area (Å²) in [4.78, 5) is 4.30. The van der Waals surface area contributed by atoms with Gasteiger partial charge >= 0.3 is 0 Å². The Kier molecular flexibility index (Phi) is 4.85. The van der Waals surface area contributed by atoms with Crippen LogP contribution in [0.2, 0.25) is 0 Å². The minimum Gasteiger partial charge on any atom is -0.393 e. The lowest BCUT2D eigenvalue weighted by Gasteiger charge is -2.61. The van der Waals surface area contributed by atoms with Crippen LogP contribution in [0.25, 0.3) is 11.8 Å². The Labute approximate surface area is 223 Å². The number of aliphatic hydroxyl groups is 1. The van der Waals surface area contributed by atoms with Crippen molar-refractivity contribution in [1.29, 1.82) is 0 Å². The average Bonchev–Trinajstić information content (AvgIpc) is 3.67. The molecule has 8 heteroatoms. The first-order valence-electron chi connectivity index (χ1n) is 14.2. The highest BCUT2D eigenvalue weighted by Crippen LogP contribution is 2.72. The number of fused-ring (bicyclic) bond motifs is 8. The Morgan fingerprint density at radius 2 is 2.00 bits per heavy atom. The van der Waals surface area contributed by atoms with Crippen molar-refractivity contribution in [3.05, 3.63) is 47.6 Å². The average molecular weight is 520 g/mol. The maximum absolute atomic E-state index is 12.1. The standard InChI is InChI=1S/C30H37N3O5/c1-18-9-23-22-7-6-20-10-24-19(13-32-33(24)21-5-4-8-31-14-21)11-27(20,2)26(22)25(34)12-28(23,3)30(18)29(37-17-38-30)15-35-16-36-29/h4-5,8,10,13-14,18,22-23,25-26,34H,6-7,9,11-12,15-17H2,1-3H3/t18-,22+,23+,25+,26-,27+,28+,29?,30-/m1/s1. The van der Waals surface area contributed by atoms with Gasteiger partial charge in [-0.3, -0.25) is 4.98 Å². The normalized spacial score (nSPS) is 47.1. The van der Waals surface area contributed by atoms with E-state index in [1.807, 2.05) is 29.2 Å². The van der Waals surface area contributed by atoms with Crippen LogP contribution in [-0.2, 0) is 25.4 Å². The third-order valence-corrected chi connectivity index (χ3v) is 11.7. The fourth-order valence-electron chi connectivity index (χ4n) is 10.4. The fraction of sp³-hybridized carbons (Fsp3) is 0.667. The van der Waals surface area contributed by atoms with Crippen LogP contribution in [-0.4, -0.2) is 57.6 Å². The Hall–Kier alpha value is -2.10. The number of aliphatic hydroxyl groups excluding tert-OH is 1. The van der Waals surface area contributed by atoms with E-state index < -0.39 is 17.5 Å². The zero-order valence-electron chi connectivity index (χ0n) is 22.4. The van der Waals surface area contributed by atoms with E-state index in [1.165, 1.54) is 11.1 Å². The van der Waals surface area contributed by atoms with E-state index in [1.54, 1.807) is 6.20 Å². The fourth-order valence-corrected chi connectivity index (χ4v) is 10.4. The molecule has 0 aromatic carbocycles. The molecule has 3 saturated carbocycles. The van der Waals surface area contributed by atoms with E-state index in [4.69, 9.17) is 24.0 Å².